The number of hydrogen-bond donors (Lipinski definition) is 0. The molecule has 0 radical (unpaired) electrons. The molecule has 152 valence electrons. The first-order valence-corrected chi connectivity index (χ1v) is 11.2. The van der Waals surface area contributed by atoms with Crippen LogP contribution in [0.2, 0.25) is 5.02 Å². The van der Waals surface area contributed by atoms with Crippen LogP contribution in [-0.2, 0) is 5.75 Å². The minimum Gasteiger partial charge on any atom is -0.295 e. The Kier molecular flexibility index (Phi) is 7.21. The molecule has 0 aliphatic carbocycles. The maximum Gasteiger partial charge on any atom is 0.291 e. The average molecular weight is 453 g/mol. The molecule has 0 spiro atoms. The van der Waals surface area contributed by atoms with E-state index in [-0.39, 0.29) is 5.01 Å². The van der Waals surface area contributed by atoms with Crippen molar-refractivity contribution >= 4 is 40.2 Å². The third kappa shape index (κ3) is 4.76. The Morgan fingerprint density at radius 3 is 2.55 bits per heavy atom. The van der Waals surface area contributed by atoms with Gasteiger partial charge in [0.2, 0.25) is 0 Å². The number of aryl methyl sites for hydroxylation is 1. The largest absolute Gasteiger partial charge is 0.295 e. The quantitative estimate of drug-likeness (QED) is 0.304. The molecule has 9 heteroatoms. The summed E-state index contributed by atoms with van der Waals surface area (Å²) in [4.78, 5) is 5.44. The second kappa shape index (κ2) is 9.65. The van der Waals surface area contributed by atoms with Crippen LogP contribution in [0.5, 0.6) is 0 Å². The number of alkyl halides is 2. The van der Waals surface area contributed by atoms with Gasteiger partial charge >= 0.3 is 0 Å². The van der Waals surface area contributed by atoms with Crippen LogP contribution in [0.1, 0.15) is 36.5 Å². The summed E-state index contributed by atoms with van der Waals surface area (Å²) >= 11 is 8.96. The topological polar surface area (TPSA) is 43.1 Å². The van der Waals surface area contributed by atoms with Crippen molar-refractivity contribution in [1.29, 1.82) is 0 Å². The number of fused-ring (bicyclic) bond motifs is 1. The van der Waals surface area contributed by atoms with E-state index in [2.05, 4.69) is 27.3 Å². The molecule has 0 aliphatic rings. The van der Waals surface area contributed by atoms with Gasteiger partial charge in [-0.2, -0.15) is 0 Å². The number of aromatic nitrogens is 4. The first-order chi connectivity index (χ1) is 14.0. The Hall–Kier alpha value is -2.03. The lowest BCUT2D eigenvalue weighted by Gasteiger charge is -2.06. The van der Waals surface area contributed by atoms with Gasteiger partial charge in [-0.3, -0.25) is 4.40 Å². The minimum atomic E-state index is -2.65. The van der Waals surface area contributed by atoms with E-state index in [4.69, 9.17) is 11.6 Å². The highest BCUT2D eigenvalue weighted by atomic mass is 35.5. The fourth-order valence-electron chi connectivity index (χ4n) is 2.70. The number of nitrogens with zero attached hydrogens (tertiary/aromatic N) is 4. The molecule has 0 saturated carbocycles. The molecule has 3 heterocycles. The van der Waals surface area contributed by atoms with Crippen molar-refractivity contribution in [1.82, 2.24) is 19.6 Å². The van der Waals surface area contributed by atoms with Crippen LogP contribution >= 0.6 is 34.7 Å². The molecule has 0 aliphatic heterocycles. The predicted octanol–water partition coefficient (Wildman–Crippen LogP) is 7.07. The van der Waals surface area contributed by atoms with Crippen molar-refractivity contribution in [3.8, 4) is 10.8 Å². The molecule has 0 amide bonds. The monoisotopic (exact) mass is 452 g/mol. The molecule has 0 atom stereocenters. The fraction of sp³-hybridized carbons (Fsp3) is 0.250. The predicted molar refractivity (Wildman–Crippen MR) is 116 cm³/mol. The molecular formula is C20H19ClF2N4S2. The molecule has 3 aromatic heterocycles. The van der Waals surface area contributed by atoms with E-state index in [1.165, 1.54) is 5.56 Å². The number of benzene rings is 1. The first kappa shape index (κ1) is 21.7. The molecule has 0 saturated heterocycles. The Morgan fingerprint density at radius 2 is 1.90 bits per heavy atom. The summed E-state index contributed by atoms with van der Waals surface area (Å²) < 4.78 is 27.5. The standard InChI is InChI=1S/C18H13ClF2N4S2.C2H6/c1-10-14-13(19)7-12(26-9-11-5-3-2-4-6-11)8-25(14)16(22-10)18-24-23-17(27-18)15(20)21;1-2/h2-8,15H,9H2,1H3;1-2H3. The van der Waals surface area contributed by atoms with E-state index in [9.17, 15) is 8.78 Å². The summed E-state index contributed by atoms with van der Waals surface area (Å²) in [7, 11) is 0. The normalized spacial score (nSPS) is 11.0. The van der Waals surface area contributed by atoms with Gasteiger partial charge in [0.25, 0.3) is 6.43 Å². The molecule has 0 bridgehead atoms. The zero-order valence-corrected chi connectivity index (χ0v) is 18.5. The highest BCUT2D eigenvalue weighted by molar-refractivity contribution is 7.98. The first-order valence-electron chi connectivity index (χ1n) is 9.00. The molecule has 4 rings (SSSR count). The highest BCUT2D eigenvalue weighted by Gasteiger charge is 2.20. The molecule has 4 aromatic rings. The van der Waals surface area contributed by atoms with E-state index in [1.54, 1.807) is 16.2 Å². The molecule has 4 nitrogen and oxygen atoms in total. The van der Waals surface area contributed by atoms with Crippen molar-refractivity contribution in [2.45, 2.75) is 37.8 Å². The van der Waals surface area contributed by atoms with E-state index >= 15 is 0 Å². The Balaban J connectivity index is 0.00000117. The van der Waals surface area contributed by atoms with Crippen LogP contribution in [0.3, 0.4) is 0 Å². The summed E-state index contributed by atoms with van der Waals surface area (Å²) in [5, 5.41) is 8.02. The maximum atomic E-state index is 12.9. The van der Waals surface area contributed by atoms with Crippen molar-refractivity contribution in [3.05, 3.63) is 63.9 Å². The van der Waals surface area contributed by atoms with E-state index in [1.807, 2.05) is 51.2 Å². The summed E-state index contributed by atoms with van der Waals surface area (Å²) in [6, 6.07) is 12.0. The van der Waals surface area contributed by atoms with Gasteiger partial charge in [0.05, 0.1) is 16.2 Å². The van der Waals surface area contributed by atoms with Gasteiger partial charge < -0.3 is 0 Å². The van der Waals surface area contributed by atoms with Crippen LogP contribution < -0.4 is 0 Å². The summed E-state index contributed by atoms with van der Waals surface area (Å²) in [6.07, 6.45) is -0.739. The smallest absolute Gasteiger partial charge is 0.291 e. The second-order valence-electron chi connectivity index (χ2n) is 5.78. The molecule has 0 N–H and O–H groups in total. The number of pyridine rings is 1. The van der Waals surface area contributed by atoms with E-state index < -0.39 is 6.43 Å². The molecule has 0 unspecified atom stereocenters. The molecular weight excluding hydrogens is 434 g/mol. The third-order valence-corrected chi connectivity index (χ3v) is 6.15. The van der Waals surface area contributed by atoms with Gasteiger partial charge in [-0.05, 0) is 18.6 Å². The zero-order chi connectivity index (χ0) is 21.0. The Bertz CT molecular complexity index is 1100. The number of thioether (sulfide) groups is 1. The number of halogens is 3. The van der Waals surface area contributed by atoms with Crippen LogP contribution in [0.15, 0.2) is 47.5 Å². The minimum absolute atomic E-state index is 0.319. The number of hydrogen-bond acceptors (Lipinski definition) is 5. The molecule has 1 aromatic carbocycles. The summed E-state index contributed by atoms with van der Waals surface area (Å²) in [6.45, 7) is 5.83. The van der Waals surface area contributed by atoms with Gasteiger partial charge in [0.15, 0.2) is 15.8 Å². The molecule has 0 fully saturated rings. The summed E-state index contributed by atoms with van der Waals surface area (Å²) in [5.41, 5.74) is 2.65. The van der Waals surface area contributed by atoms with Gasteiger partial charge in [-0.25, -0.2) is 13.8 Å². The van der Waals surface area contributed by atoms with Gasteiger partial charge in [-0.15, -0.1) is 22.0 Å². The number of rotatable bonds is 5. The zero-order valence-electron chi connectivity index (χ0n) is 16.1. The van der Waals surface area contributed by atoms with Gasteiger partial charge in [0, 0.05) is 16.8 Å². The maximum absolute atomic E-state index is 12.9. The van der Waals surface area contributed by atoms with E-state index in [0.29, 0.717) is 21.5 Å². The summed E-state index contributed by atoms with van der Waals surface area (Å²) in [5.74, 6) is 1.26. The highest BCUT2D eigenvalue weighted by Crippen LogP contribution is 2.34. The SMILES string of the molecule is CC.Cc1nc(-c2nnc(C(F)F)s2)n2cc(SCc3ccccc3)cc(Cl)c12. The third-order valence-electron chi connectivity index (χ3n) is 3.90. The van der Waals surface area contributed by atoms with Crippen molar-refractivity contribution in [2.24, 2.45) is 0 Å². The van der Waals surface area contributed by atoms with Gasteiger partial charge in [-0.1, -0.05) is 67.1 Å². The lowest BCUT2D eigenvalue weighted by molar-refractivity contribution is 0.150. The van der Waals surface area contributed by atoms with Crippen molar-refractivity contribution in [2.75, 3.05) is 0 Å². The average Bonchev–Trinajstić information content (AvgIpc) is 3.34. The Labute approximate surface area is 181 Å². The molecule has 29 heavy (non-hydrogen) atoms. The van der Waals surface area contributed by atoms with Crippen LogP contribution in [0, 0.1) is 6.92 Å². The van der Waals surface area contributed by atoms with Crippen LogP contribution in [0.4, 0.5) is 8.78 Å². The van der Waals surface area contributed by atoms with Crippen molar-refractivity contribution < 1.29 is 8.78 Å². The van der Waals surface area contributed by atoms with Crippen LogP contribution in [-0.4, -0.2) is 19.6 Å². The fourth-order valence-corrected chi connectivity index (χ4v) is 4.70. The van der Waals surface area contributed by atoms with Crippen LogP contribution in [0.25, 0.3) is 16.3 Å². The lowest BCUT2D eigenvalue weighted by atomic mass is 10.2. The number of imidazole rings is 1. The van der Waals surface area contributed by atoms with Gasteiger partial charge in [0.1, 0.15) is 0 Å². The van der Waals surface area contributed by atoms with E-state index in [0.717, 1.165) is 27.5 Å². The Morgan fingerprint density at radius 1 is 1.17 bits per heavy atom. The van der Waals surface area contributed by atoms with Crippen molar-refractivity contribution in [3.63, 3.8) is 0 Å². The lowest BCUT2D eigenvalue weighted by Crippen LogP contribution is -1.91. The second-order valence-corrected chi connectivity index (χ2v) is 8.25.